The molecule has 2 rings (SSSR count). The Hall–Kier alpha value is -1.26. The lowest BCUT2D eigenvalue weighted by atomic mass is 10.2. The van der Waals surface area contributed by atoms with Crippen molar-refractivity contribution >= 4 is 17.5 Å². The number of ether oxygens (including phenoxy) is 1. The molecule has 1 aliphatic rings. The Morgan fingerprint density at radius 2 is 2.15 bits per heavy atom. The van der Waals surface area contributed by atoms with Gasteiger partial charge in [0.2, 0.25) is 0 Å². The number of carbonyl (C=O) groups excluding carboxylic acids is 1. The second kappa shape index (κ2) is 7.50. The molecule has 1 amide bonds. The largest absolute Gasteiger partial charge is 0.497 e. The number of rotatable bonds is 4. The molecule has 0 aliphatic carbocycles. The maximum absolute atomic E-state index is 12.5. The van der Waals surface area contributed by atoms with Gasteiger partial charge in [-0.25, -0.2) is 0 Å². The monoisotopic (exact) mass is 296 g/mol. The Labute approximate surface area is 125 Å². The van der Waals surface area contributed by atoms with E-state index in [2.05, 4.69) is 4.90 Å². The lowest BCUT2D eigenvalue weighted by Crippen LogP contribution is -2.35. The van der Waals surface area contributed by atoms with E-state index in [0.29, 0.717) is 11.4 Å². The highest BCUT2D eigenvalue weighted by Gasteiger charge is 2.20. The van der Waals surface area contributed by atoms with Gasteiger partial charge >= 0.3 is 0 Å². The Morgan fingerprint density at radius 3 is 2.90 bits per heavy atom. The minimum Gasteiger partial charge on any atom is -0.497 e. The molecule has 20 heavy (non-hydrogen) atoms. The van der Waals surface area contributed by atoms with E-state index >= 15 is 0 Å². The predicted molar refractivity (Wildman–Crippen MR) is 80.7 cm³/mol. The SMILES string of the molecule is COc1cccc(C(=O)N2CCCN(CCCl)CC2)c1. The number of methoxy groups -OCH3 is 1. The quantitative estimate of drug-likeness (QED) is 0.798. The molecule has 1 aromatic rings. The van der Waals surface area contributed by atoms with Gasteiger partial charge in [-0.2, -0.15) is 0 Å². The van der Waals surface area contributed by atoms with Crippen LogP contribution in [0.3, 0.4) is 0 Å². The summed E-state index contributed by atoms with van der Waals surface area (Å²) in [5, 5.41) is 0. The van der Waals surface area contributed by atoms with Crippen LogP contribution in [0.5, 0.6) is 5.75 Å². The van der Waals surface area contributed by atoms with E-state index in [1.807, 2.05) is 23.1 Å². The zero-order valence-corrected chi connectivity index (χ0v) is 12.6. The molecule has 1 fully saturated rings. The average molecular weight is 297 g/mol. The molecule has 0 aromatic heterocycles. The van der Waals surface area contributed by atoms with E-state index in [-0.39, 0.29) is 5.91 Å². The van der Waals surface area contributed by atoms with Crippen molar-refractivity contribution in [2.45, 2.75) is 6.42 Å². The minimum absolute atomic E-state index is 0.0802. The summed E-state index contributed by atoms with van der Waals surface area (Å²) < 4.78 is 5.17. The first kappa shape index (κ1) is 15.1. The van der Waals surface area contributed by atoms with Gasteiger partial charge in [-0.1, -0.05) is 6.07 Å². The molecule has 0 saturated carbocycles. The van der Waals surface area contributed by atoms with E-state index in [1.54, 1.807) is 13.2 Å². The number of nitrogens with zero attached hydrogens (tertiary/aromatic N) is 2. The molecule has 0 N–H and O–H groups in total. The van der Waals surface area contributed by atoms with Crippen molar-refractivity contribution in [2.75, 3.05) is 45.7 Å². The highest BCUT2D eigenvalue weighted by molar-refractivity contribution is 6.18. The summed E-state index contributed by atoms with van der Waals surface area (Å²) in [5.41, 5.74) is 0.690. The first-order valence-electron chi connectivity index (χ1n) is 6.96. The molecule has 0 bridgehead atoms. The molecule has 1 saturated heterocycles. The second-order valence-corrected chi connectivity index (χ2v) is 5.29. The molecule has 0 unspecified atom stereocenters. The van der Waals surface area contributed by atoms with Crippen molar-refractivity contribution in [3.8, 4) is 5.75 Å². The van der Waals surface area contributed by atoms with Crippen molar-refractivity contribution in [2.24, 2.45) is 0 Å². The zero-order chi connectivity index (χ0) is 14.4. The maximum Gasteiger partial charge on any atom is 0.254 e. The molecule has 1 heterocycles. The van der Waals surface area contributed by atoms with Crippen molar-refractivity contribution in [1.29, 1.82) is 0 Å². The molecule has 5 heteroatoms. The van der Waals surface area contributed by atoms with Gasteiger partial charge in [0.25, 0.3) is 5.91 Å². The van der Waals surface area contributed by atoms with Crippen LogP contribution in [-0.2, 0) is 0 Å². The van der Waals surface area contributed by atoms with Gasteiger partial charge in [-0.05, 0) is 31.2 Å². The van der Waals surface area contributed by atoms with Gasteiger partial charge in [0.1, 0.15) is 5.75 Å². The summed E-state index contributed by atoms with van der Waals surface area (Å²) in [6.45, 7) is 4.35. The van der Waals surface area contributed by atoms with Gasteiger partial charge in [0, 0.05) is 37.6 Å². The summed E-state index contributed by atoms with van der Waals surface area (Å²) in [6.07, 6.45) is 0.993. The lowest BCUT2D eigenvalue weighted by molar-refractivity contribution is 0.0761. The number of hydrogen-bond acceptors (Lipinski definition) is 3. The van der Waals surface area contributed by atoms with Crippen LogP contribution in [0.25, 0.3) is 0 Å². The van der Waals surface area contributed by atoms with E-state index in [0.717, 1.165) is 44.9 Å². The number of amides is 1. The first-order valence-corrected chi connectivity index (χ1v) is 7.49. The fourth-order valence-electron chi connectivity index (χ4n) is 2.46. The van der Waals surface area contributed by atoms with Gasteiger partial charge < -0.3 is 14.5 Å². The highest BCUT2D eigenvalue weighted by atomic mass is 35.5. The normalized spacial score (nSPS) is 16.8. The number of halogens is 1. The van der Waals surface area contributed by atoms with E-state index in [9.17, 15) is 4.79 Å². The Kier molecular flexibility index (Phi) is 5.68. The minimum atomic E-state index is 0.0802. The number of hydrogen-bond donors (Lipinski definition) is 0. The summed E-state index contributed by atoms with van der Waals surface area (Å²) >= 11 is 5.78. The molecule has 0 spiro atoms. The van der Waals surface area contributed by atoms with Crippen LogP contribution in [0.2, 0.25) is 0 Å². The van der Waals surface area contributed by atoms with Crippen molar-refractivity contribution in [3.63, 3.8) is 0 Å². The Bertz CT molecular complexity index is 453. The van der Waals surface area contributed by atoms with Crippen LogP contribution in [0, 0.1) is 0 Å². The van der Waals surface area contributed by atoms with Gasteiger partial charge in [0.15, 0.2) is 0 Å². The smallest absolute Gasteiger partial charge is 0.254 e. The van der Waals surface area contributed by atoms with E-state index in [1.165, 1.54) is 0 Å². The third kappa shape index (κ3) is 3.87. The summed E-state index contributed by atoms with van der Waals surface area (Å²) in [7, 11) is 1.61. The highest BCUT2D eigenvalue weighted by Crippen LogP contribution is 2.15. The molecule has 0 radical (unpaired) electrons. The zero-order valence-electron chi connectivity index (χ0n) is 11.8. The third-order valence-corrected chi connectivity index (χ3v) is 3.76. The molecule has 4 nitrogen and oxygen atoms in total. The molecular formula is C15H21ClN2O2. The average Bonchev–Trinajstić information content (AvgIpc) is 2.73. The Morgan fingerprint density at radius 1 is 1.30 bits per heavy atom. The van der Waals surface area contributed by atoms with Crippen LogP contribution < -0.4 is 4.74 Å². The van der Waals surface area contributed by atoms with Crippen molar-refractivity contribution < 1.29 is 9.53 Å². The van der Waals surface area contributed by atoms with Crippen LogP contribution in [-0.4, -0.2) is 61.4 Å². The summed E-state index contributed by atoms with van der Waals surface area (Å²) in [6, 6.07) is 7.33. The van der Waals surface area contributed by atoms with Gasteiger partial charge in [-0.3, -0.25) is 4.79 Å². The van der Waals surface area contributed by atoms with Gasteiger partial charge in [-0.15, -0.1) is 11.6 Å². The molecule has 1 aliphatic heterocycles. The number of benzene rings is 1. The van der Waals surface area contributed by atoms with Crippen molar-refractivity contribution in [1.82, 2.24) is 9.80 Å². The molecule has 110 valence electrons. The second-order valence-electron chi connectivity index (χ2n) is 4.91. The third-order valence-electron chi connectivity index (χ3n) is 3.59. The molecular weight excluding hydrogens is 276 g/mol. The van der Waals surface area contributed by atoms with Crippen LogP contribution in [0.4, 0.5) is 0 Å². The standard InChI is InChI=1S/C15H21ClN2O2/c1-20-14-5-2-4-13(12-14)15(19)18-8-3-7-17(9-6-16)10-11-18/h2,4-5,12H,3,6-11H2,1H3. The number of alkyl halides is 1. The van der Waals surface area contributed by atoms with Crippen LogP contribution in [0.15, 0.2) is 24.3 Å². The lowest BCUT2D eigenvalue weighted by Gasteiger charge is -2.21. The summed E-state index contributed by atoms with van der Waals surface area (Å²) in [4.78, 5) is 16.7. The Balaban J connectivity index is 2.01. The summed E-state index contributed by atoms with van der Waals surface area (Å²) in [5.74, 6) is 1.44. The van der Waals surface area contributed by atoms with E-state index in [4.69, 9.17) is 16.3 Å². The van der Waals surface area contributed by atoms with Crippen LogP contribution in [0.1, 0.15) is 16.8 Å². The first-order chi connectivity index (χ1) is 9.74. The fraction of sp³-hybridized carbons (Fsp3) is 0.533. The van der Waals surface area contributed by atoms with Crippen LogP contribution >= 0.6 is 11.6 Å². The topological polar surface area (TPSA) is 32.8 Å². The van der Waals surface area contributed by atoms with Crippen molar-refractivity contribution in [3.05, 3.63) is 29.8 Å². The van der Waals surface area contributed by atoms with Gasteiger partial charge in [0.05, 0.1) is 7.11 Å². The predicted octanol–water partition coefficient (Wildman–Crippen LogP) is 2.08. The fourth-order valence-corrected chi connectivity index (χ4v) is 2.69. The number of carbonyl (C=O) groups is 1. The molecule has 1 aromatic carbocycles. The maximum atomic E-state index is 12.5. The molecule has 0 atom stereocenters. The van der Waals surface area contributed by atoms with E-state index < -0.39 is 0 Å².